The number of aromatic nitrogens is 2. The van der Waals surface area contributed by atoms with Crippen molar-refractivity contribution in [1.29, 1.82) is 0 Å². The highest BCUT2D eigenvalue weighted by atomic mass is 16.5. The summed E-state index contributed by atoms with van der Waals surface area (Å²) in [6.07, 6.45) is 6.10. The SMILES string of the molecule is O=C(O)COc1ccc(NC(=O)c2ccnn2C2CCCC2)cc1. The van der Waals surface area contributed by atoms with Gasteiger partial charge in [0, 0.05) is 11.9 Å². The second-order valence-corrected chi connectivity index (χ2v) is 5.76. The average molecular weight is 329 g/mol. The molecule has 0 saturated heterocycles. The molecule has 7 nitrogen and oxygen atoms in total. The highest BCUT2D eigenvalue weighted by Gasteiger charge is 2.22. The Bertz CT molecular complexity index is 718. The zero-order valence-corrected chi connectivity index (χ0v) is 13.1. The number of carboxylic acid groups (broad SMARTS) is 1. The van der Waals surface area contributed by atoms with Gasteiger partial charge in [-0.2, -0.15) is 5.10 Å². The number of nitrogens with zero attached hydrogens (tertiary/aromatic N) is 2. The van der Waals surface area contributed by atoms with E-state index in [0.29, 0.717) is 23.2 Å². The number of benzene rings is 1. The van der Waals surface area contributed by atoms with E-state index >= 15 is 0 Å². The van der Waals surface area contributed by atoms with Gasteiger partial charge in [-0.05, 0) is 43.2 Å². The molecule has 0 bridgehead atoms. The van der Waals surface area contributed by atoms with Crippen molar-refractivity contribution in [1.82, 2.24) is 9.78 Å². The lowest BCUT2D eigenvalue weighted by Gasteiger charge is -2.14. The van der Waals surface area contributed by atoms with Gasteiger partial charge >= 0.3 is 5.97 Å². The number of hydrogen-bond donors (Lipinski definition) is 2. The molecular formula is C17H19N3O4. The number of carbonyl (C=O) groups is 2. The van der Waals surface area contributed by atoms with E-state index in [1.807, 2.05) is 4.68 Å². The van der Waals surface area contributed by atoms with E-state index in [4.69, 9.17) is 9.84 Å². The van der Waals surface area contributed by atoms with Gasteiger partial charge in [-0.15, -0.1) is 0 Å². The molecule has 0 aliphatic heterocycles. The first-order valence-electron chi connectivity index (χ1n) is 7.93. The number of hydrogen-bond acceptors (Lipinski definition) is 4. The molecule has 1 heterocycles. The van der Waals surface area contributed by atoms with Crippen LogP contribution in [0.1, 0.15) is 42.2 Å². The molecule has 2 N–H and O–H groups in total. The second-order valence-electron chi connectivity index (χ2n) is 5.76. The normalized spacial score (nSPS) is 14.5. The molecule has 0 radical (unpaired) electrons. The Morgan fingerprint density at radius 2 is 1.92 bits per heavy atom. The number of carbonyl (C=O) groups excluding carboxylic acids is 1. The molecule has 24 heavy (non-hydrogen) atoms. The monoisotopic (exact) mass is 329 g/mol. The number of nitrogens with one attached hydrogen (secondary N) is 1. The molecule has 126 valence electrons. The van der Waals surface area contributed by atoms with E-state index in [-0.39, 0.29) is 5.91 Å². The van der Waals surface area contributed by atoms with Gasteiger partial charge in [0.05, 0.1) is 6.04 Å². The molecule has 1 fully saturated rings. The van der Waals surface area contributed by atoms with Gasteiger partial charge in [-0.3, -0.25) is 9.48 Å². The van der Waals surface area contributed by atoms with Gasteiger partial charge in [0.25, 0.3) is 5.91 Å². The maximum atomic E-state index is 12.5. The Balaban J connectivity index is 1.64. The average Bonchev–Trinajstić information content (AvgIpc) is 3.24. The fourth-order valence-corrected chi connectivity index (χ4v) is 2.91. The fourth-order valence-electron chi connectivity index (χ4n) is 2.91. The van der Waals surface area contributed by atoms with Crippen LogP contribution in [0.3, 0.4) is 0 Å². The molecule has 1 saturated carbocycles. The Labute approximate surface area is 139 Å². The standard InChI is InChI=1S/C17H19N3O4/c21-16(22)11-24-14-7-5-12(6-8-14)19-17(23)15-9-10-18-20(15)13-3-1-2-4-13/h5-10,13H,1-4,11H2,(H,19,23)(H,21,22). The zero-order valence-electron chi connectivity index (χ0n) is 13.1. The molecule has 7 heteroatoms. The highest BCUT2D eigenvalue weighted by molar-refractivity contribution is 6.03. The number of carboxylic acids is 1. The van der Waals surface area contributed by atoms with Gasteiger partial charge in [0.15, 0.2) is 6.61 Å². The molecule has 2 aromatic rings. The van der Waals surface area contributed by atoms with Crippen molar-refractivity contribution in [3.05, 3.63) is 42.2 Å². The Morgan fingerprint density at radius 1 is 1.21 bits per heavy atom. The number of aliphatic carboxylic acids is 1. The lowest BCUT2D eigenvalue weighted by molar-refractivity contribution is -0.139. The minimum absolute atomic E-state index is 0.210. The first kappa shape index (κ1) is 16.0. The van der Waals surface area contributed by atoms with Crippen LogP contribution in [0.25, 0.3) is 0 Å². The quantitative estimate of drug-likeness (QED) is 0.850. The summed E-state index contributed by atoms with van der Waals surface area (Å²) in [5.74, 6) is -0.808. The van der Waals surface area contributed by atoms with Crippen molar-refractivity contribution in [3.63, 3.8) is 0 Å². The topological polar surface area (TPSA) is 93.4 Å². The lowest BCUT2D eigenvalue weighted by Crippen LogP contribution is -2.20. The van der Waals surface area contributed by atoms with Crippen molar-refractivity contribution in [3.8, 4) is 5.75 Å². The first-order chi connectivity index (χ1) is 11.6. The third-order valence-corrected chi connectivity index (χ3v) is 4.05. The maximum absolute atomic E-state index is 12.5. The van der Waals surface area contributed by atoms with Crippen molar-refractivity contribution >= 4 is 17.6 Å². The van der Waals surface area contributed by atoms with Crippen LogP contribution in [-0.2, 0) is 4.79 Å². The van der Waals surface area contributed by atoms with Crippen LogP contribution in [-0.4, -0.2) is 33.4 Å². The van der Waals surface area contributed by atoms with Crippen LogP contribution >= 0.6 is 0 Å². The predicted octanol–water partition coefficient (Wildman–Crippen LogP) is 2.71. The Kier molecular flexibility index (Phi) is 4.79. The largest absolute Gasteiger partial charge is 0.482 e. The molecule has 3 rings (SSSR count). The summed E-state index contributed by atoms with van der Waals surface area (Å²) >= 11 is 0. The molecule has 0 atom stereocenters. The smallest absolute Gasteiger partial charge is 0.341 e. The van der Waals surface area contributed by atoms with Crippen molar-refractivity contribution in [2.24, 2.45) is 0 Å². The minimum Gasteiger partial charge on any atom is -0.482 e. The molecule has 1 aliphatic rings. The second kappa shape index (κ2) is 7.16. The predicted molar refractivity (Wildman–Crippen MR) is 87.3 cm³/mol. The number of ether oxygens (including phenoxy) is 1. The summed E-state index contributed by atoms with van der Waals surface area (Å²) in [6, 6.07) is 8.60. The molecule has 0 unspecified atom stereocenters. The van der Waals surface area contributed by atoms with E-state index in [1.165, 1.54) is 12.8 Å². The van der Waals surface area contributed by atoms with Gasteiger partial charge in [0.2, 0.25) is 0 Å². The van der Waals surface area contributed by atoms with Crippen LogP contribution < -0.4 is 10.1 Å². The third kappa shape index (κ3) is 3.73. The summed E-state index contributed by atoms with van der Waals surface area (Å²) < 4.78 is 6.87. The van der Waals surface area contributed by atoms with Gasteiger partial charge < -0.3 is 15.2 Å². The van der Waals surface area contributed by atoms with Crippen LogP contribution in [0.4, 0.5) is 5.69 Å². The molecule has 1 aliphatic carbocycles. The Hall–Kier alpha value is -2.83. The number of amides is 1. The summed E-state index contributed by atoms with van der Waals surface area (Å²) in [5.41, 5.74) is 1.16. The van der Waals surface area contributed by atoms with Crippen LogP contribution in [0.15, 0.2) is 36.5 Å². The van der Waals surface area contributed by atoms with Crippen molar-refractivity contribution in [2.75, 3.05) is 11.9 Å². The summed E-state index contributed by atoms with van der Waals surface area (Å²) in [4.78, 5) is 22.9. The Morgan fingerprint density at radius 3 is 2.58 bits per heavy atom. The van der Waals surface area contributed by atoms with Gasteiger partial charge in [0.1, 0.15) is 11.4 Å². The molecule has 1 amide bonds. The van der Waals surface area contributed by atoms with Crippen molar-refractivity contribution in [2.45, 2.75) is 31.7 Å². The number of rotatable bonds is 6. The third-order valence-electron chi connectivity index (χ3n) is 4.05. The highest BCUT2D eigenvalue weighted by Crippen LogP contribution is 2.30. The van der Waals surface area contributed by atoms with E-state index in [2.05, 4.69) is 10.4 Å². The lowest BCUT2D eigenvalue weighted by atomic mass is 10.2. The first-order valence-corrected chi connectivity index (χ1v) is 7.93. The van der Waals surface area contributed by atoms with Crippen LogP contribution in [0, 0.1) is 0 Å². The van der Waals surface area contributed by atoms with E-state index in [9.17, 15) is 9.59 Å². The van der Waals surface area contributed by atoms with E-state index in [1.54, 1.807) is 36.5 Å². The van der Waals surface area contributed by atoms with Crippen LogP contribution in [0.5, 0.6) is 5.75 Å². The van der Waals surface area contributed by atoms with Gasteiger partial charge in [-0.1, -0.05) is 12.8 Å². The molecular weight excluding hydrogens is 310 g/mol. The van der Waals surface area contributed by atoms with E-state index < -0.39 is 12.6 Å². The minimum atomic E-state index is -1.03. The fraction of sp³-hybridized carbons (Fsp3) is 0.353. The summed E-state index contributed by atoms with van der Waals surface area (Å²) in [7, 11) is 0. The summed E-state index contributed by atoms with van der Waals surface area (Å²) in [6.45, 7) is -0.397. The molecule has 1 aromatic heterocycles. The van der Waals surface area contributed by atoms with Crippen molar-refractivity contribution < 1.29 is 19.4 Å². The van der Waals surface area contributed by atoms with Gasteiger partial charge in [-0.25, -0.2) is 4.79 Å². The summed E-state index contributed by atoms with van der Waals surface area (Å²) in [5, 5.41) is 15.7. The van der Waals surface area contributed by atoms with E-state index in [0.717, 1.165) is 12.8 Å². The molecule has 0 spiro atoms. The maximum Gasteiger partial charge on any atom is 0.341 e. The molecule has 1 aromatic carbocycles. The number of anilines is 1. The zero-order chi connectivity index (χ0) is 16.9. The van der Waals surface area contributed by atoms with Crippen LogP contribution in [0.2, 0.25) is 0 Å².